The van der Waals surface area contributed by atoms with Gasteiger partial charge in [0.25, 0.3) is 0 Å². The Hall–Kier alpha value is -1.48. The first-order valence-electron chi connectivity index (χ1n) is 6.12. The van der Waals surface area contributed by atoms with Crippen molar-refractivity contribution in [2.24, 2.45) is 0 Å². The standard InChI is InChI=1S/C12H17F3N2O3S/c1-3-6-17(8-12(13,14)15)21(18,19)9-4-5-10(16)11(7-9)20-2/h4-5,7H,3,6,8,16H2,1-2H3. The Kier molecular flexibility index (Phi) is 5.46. The van der Waals surface area contributed by atoms with Gasteiger partial charge in [0.15, 0.2) is 0 Å². The summed E-state index contributed by atoms with van der Waals surface area (Å²) < 4.78 is 67.5. The molecule has 0 aliphatic heterocycles. The second-order valence-corrected chi connectivity index (χ2v) is 6.30. The van der Waals surface area contributed by atoms with Crippen molar-refractivity contribution in [3.63, 3.8) is 0 Å². The monoisotopic (exact) mass is 326 g/mol. The largest absolute Gasteiger partial charge is 0.495 e. The number of methoxy groups -OCH3 is 1. The number of halogens is 3. The minimum atomic E-state index is -4.61. The van der Waals surface area contributed by atoms with Gasteiger partial charge in [-0.25, -0.2) is 8.42 Å². The number of hydrogen-bond acceptors (Lipinski definition) is 4. The molecule has 0 aliphatic rings. The summed E-state index contributed by atoms with van der Waals surface area (Å²) in [5.74, 6) is 0.0968. The highest BCUT2D eigenvalue weighted by Crippen LogP contribution is 2.28. The number of nitrogens with two attached hydrogens (primary N) is 1. The first-order chi connectivity index (χ1) is 9.61. The van der Waals surface area contributed by atoms with Gasteiger partial charge in [-0.3, -0.25) is 0 Å². The SMILES string of the molecule is CCCN(CC(F)(F)F)S(=O)(=O)c1ccc(N)c(OC)c1. The first-order valence-corrected chi connectivity index (χ1v) is 7.56. The molecule has 1 aromatic carbocycles. The van der Waals surface area contributed by atoms with E-state index < -0.39 is 22.7 Å². The van der Waals surface area contributed by atoms with Crippen molar-refractivity contribution in [2.45, 2.75) is 24.4 Å². The second kappa shape index (κ2) is 6.52. The summed E-state index contributed by atoms with van der Waals surface area (Å²) in [4.78, 5) is -0.286. The van der Waals surface area contributed by atoms with Gasteiger partial charge in [0, 0.05) is 12.6 Å². The number of ether oxygens (including phenoxy) is 1. The lowest BCUT2D eigenvalue weighted by Gasteiger charge is -2.23. The fraction of sp³-hybridized carbons (Fsp3) is 0.500. The lowest BCUT2D eigenvalue weighted by Crippen LogP contribution is -2.39. The number of nitrogen functional groups attached to an aromatic ring is 1. The highest BCUT2D eigenvalue weighted by molar-refractivity contribution is 7.89. The third-order valence-electron chi connectivity index (χ3n) is 2.67. The third-order valence-corrected chi connectivity index (χ3v) is 4.51. The van der Waals surface area contributed by atoms with Crippen LogP contribution in [0.3, 0.4) is 0 Å². The predicted molar refractivity (Wildman–Crippen MR) is 72.5 cm³/mol. The van der Waals surface area contributed by atoms with Crippen LogP contribution in [0.1, 0.15) is 13.3 Å². The molecule has 0 unspecified atom stereocenters. The minimum Gasteiger partial charge on any atom is -0.495 e. The van der Waals surface area contributed by atoms with Crippen molar-refractivity contribution in [1.29, 1.82) is 0 Å². The number of rotatable bonds is 6. The van der Waals surface area contributed by atoms with E-state index in [1.54, 1.807) is 6.92 Å². The van der Waals surface area contributed by atoms with Crippen LogP contribution in [0.4, 0.5) is 18.9 Å². The van der Waals surface area contributed by atoms with Crippen LogP contribution in [0.25, 0.3) is 0 Å². The molecule has 21 heavy (non-hydrogen) atoms. The lowest BCUT2D eigenvalue weighted by molar-refractivity contribution is -0.136. The molecule has 0 heterocycles. The first kappa shape index (κ1) is 17.6. The molecule has 0 bridgehead atoms. The van der Waals surface area contributed by atoms with E-state index >= 15 is 0 Å². The van der Waals surface area contributed by atoms with E-state index in [2.05, 4.69) is 0 Å². The molecule has 120 valence electrons. The van der Waals surface area contributed by atoms with Crippen LogP contribution in [-0.4, -0.2) is 39.1 Å². The summed E-state index contributed by atoms with van der Waals surface area (Å²) >= 11 is 0. The number of anilines is 1. The van der Waals surface area contributed by atoms with E-state index in [0.717, 1.165) is 12.1 Å². The molecule has 0 saturated heterocycles. The van der Waals surface area contributed by atoms with Gasteiger partial charge in [-0.05, 0) is 18.6 Å². The van der Waals surface area contributed by atoms with Crippen molar-refractivity contribution in [3.05, 3.63) is 18.2 Å². The van der Waals surface area contributed by atoms with Gasteiger partial charge in [0.2, 0.25) is 10.0 Å². The van der Waals surface area contributed by atoms with Gasteiger partial charge in [-0.2, -0.15) is 17.5 Å². The average molecular weight is 326 g/mol. The van der Waals surface area contributed by atoms with Gasteiger partial charge in [0.05, 0.1) is 17.7 Å². The van der Waals surface area contributed by atoms with Gasteiger partial charge in [-0.1, -0.05) is 6.92 Å². The Morgan fingerprint density at radius 2 is 1.95 bits per heavy atom. The van der Waals surface area contributed by atoms with E-state index in [9.17, 15) is 21.6 Å². The zero-order valence-corrected chi connectivity index (χ0v) is 12.5. The van der Waals surface area contributed by atoms with Crippen molar-refractivity contribution in [2.75, 3.05) is 25.9 Å². The molecular formula is C12H17F3N2O3S. The normalized spacial score (nSPS) is 12.7. The summed E-state index contributed by atoms with van der Waals surface area (Å²) in [6, 6.07) is 3.55. The molecule has 1 rings (SSSR count). The zero-order chi connectivity index (χ0) is 16.3. The molecule has 0 aromatic heterocycles. The summed E-state index contributed by atoms with van der Waals surface area (Å²) in [7, 11) is -2.97. The molecule has 0 aliphatic carbocycles. The van der Waals surface area contributed by atoms with E-state index in [1.807, 2.05) is 0 Å². The van der Waals surface area contributed by atoms with Crippen LogP contribution in [0.5, 0.6) is 5.75 Å². The molecule has 1 aromatic rings. The Balaban J connectivity index is 3.22. The molecule has 0 spiro atoms. The van der Waals surface area contributed by atoms with Crippen LogP contribution in [0.2, 0.25) is 0 Å². The Morgan fingerprint density at radius 3 is 2.43 bits per heavy atom. The summed E-state index contributed by atoms with van der Waals surface area (Å²) in [5, 5.41) is 0. The van der Waals surface area contributed by atoms with Gasteiger partial charge < -0.3 is 10.5 Å². The number of alkyl halides is 3. The maximum Gasteiger partial charge on any atom is 0.402 e. The van der Waals surface area contributed by atoms with Gasteiger partial charge in [0.1, 0.15) is 12.3 Å². The van der Waals surface area contributed by atoms with Crippen LogP contribution < -0.4 is 10.5 Å². The fourth-order valence-electron chi connectivity index (χ4n) is 1.73. The summed E-state index contributed by atoms with van der Waals surface area (Å²) in [6.07, 6.45) is -4.35. The molecule has 2 N–H and O–H groups in total. The summed E-state index contributed by atoms with van der Waals surface area (Å²) in [5.41, 5.74) is 5.77. The quantitative estimate of drug-likeness (QED) is 0.814. The molecule has 0 amide bonds. The molecule has 9 heteroatoms. The predicted octanol–water partition coefficient (Wildman–Crippen LogP) is 2.24. The maximum atomic E-state index is 12.5. The van der Waals surface area contributed by atoms with E-state index in [0.29, 0.717) is 4.31 Å². The smallest absolute Gasteiger partial charge is 0.402 e. The van der Waals surface area contributed by atoms with Crippen LogP contribution in [0.15, 0.2) is 23.1 Å². The van der Waals surface area contributed by atoms with Gasteiger partial charge >= 0.3 is 6.18 Å². The van der Waals surface area contributed by atoms with Crippen molar-refractivity contribution < 1.29 is 26.3 Å². The molecular weight excluding hydrogens is 309 g/mol. The second-order valence-electron chi connectivity index (χ2n) is 4.36. The van der Waals surface area contributed by atoms with Crippen molar-refractivity contribution in [3.8, 4) is 5.75 Å². The Labute approximate surface area is 121 Å². The highest BCUT2D eigenvalue weighted by Gasteiger charge is 2.36. The van der Waals surface area contributed by atoms with Crippen molar-refractivity contribution >= 4 is 15.7 Å². The molecule has 0 radical (unpaired) electrons. The van der Waals surface area contributed by atoms with Crippen LogP contribution in [0, 0.1) is 0 Å². The van der Waals surface area contributed by atoms with Crippen molar-refractivity contribution in [1.82, 2.24) is 4.31 Å². The lowest BCUT2D eigenvalue weighted by atomic mass is 10.3. The van der Waals surface area contributed by atoms with E-state index in [-0.39, 0.29) is 29.3 Å². The molecule has 0 atom stereocenters. The number of hydrogen-bond donors (Lipinski definition) is 1. The third kappa shape index (κ3) is 4.50. The average Bonchev–Trinajstić information content (AvgIpc) is 2.37. The van der Waals surface area contributed by atoms with Gasteiger partial charge in [-0.15, -0.1) is 0 Å². The number of benzene rings is 1. The van der Waals surface area contributed by atoms with Crippen LogP contribution in [-0.2, 0) is 10.0 Å². The van der Waals surface area contributed by atoms with E-state index in [4.69, 9.17) is 10.5 Å². The topological polar surface area (TPSA) is 72.6 Å². The molecule has 0 fully saturated rings. The number of sulfonamides is 1. The number of nitrogens with zero attached hydrogens (tertiary/aromatic N) is 1. The minimum absolute atomic E-state index is 0.0968. The van der Waals surface area contributed by atoms with E-state index in [1.165, 1.54) is 13.2 Å². The maximum absolute atomic E-state index is 12.5. The molecule has 5 nitrogen and oxygen atoms in total. The molecule has 0 saturated carbocycles. The summed E-state index contributed by atoms with van der Waals surface area (Å²) in [6.45, 7) is -0.160. The van der Waals surface area contributed by atoms with Crippen LogP contribution >= 0.6 is 0 Å². The highest BCUT2D eigenvalue weighted by atomic mass is 32.2. The fourth-order valence-corrected chi connectivity index (χ4v) is 3.27. The Bertz CT molecular complexity index is 588. The Morgan fingerprint density at radius 1 is 1.33 bits per heavy atom. The zero-order valence-electron chi connectivity index (χ0n) is 11.6.